The Morgan fingerprint density at radius 3 is 2.17 bits per heavy atom. The molecule has 0 saturated heterocycles. The van der Waals surface area contributed by atoms with E-state index < -0.39 is 0 Å². The van der Waals surface area contributed by atoms with Gasteiger partial charge in [-0.2, -0.15) is 0 Å². The lowest BCUT2D eigenvalue weighted by Gasteiger charge is -2.07. The lowest BCUT2D eigenvalue weighted by atomic mass is 10.1. The van der Waals surface area contributed by atoms with E-state index in [-0.39, 0.29) is 18.4 Å². The van der Waals surface area contributed by atoms with Gasteiger partial charge in [0, 0.05) is 24.7 Å². The zero-order valence-corrected chi connectivity index (χ0v) is 13.0. The molecular weight excluding hydrogens is 292 g/mol. The Morgan fingerprint density at radius 2 is 1.57 bits per heavy atom. The number of amides is 2. The van der Waals surface area contributed by atoms with Gasteiger partial charge in [0.1, 0.15) is 0 Å². The molecule has 0 aliphatic heterocycles. The molecule has 0 spiro atoms. The van der Waals surface area contributed by atoms with E-state index in [0.717, 1.165) is 11.1 Å². The quantitative estimate of drug-likeness (QED) is 0.756. The van der Waals surface area contributed by atoms with E-state index in [1.165, 1.54) is 0 Å². The molecule has 0 bridgehead atoms. The molecule has 2 aromatic rings. The predicted molar refractivity (Wildman–Crippen MR) is 88.2 cm³/mol. The molecule has 0 aliphatic carbocycles. The van der Waals surface area contributed by atoms with Crippen molar-refractivity contribution < 1.29 is 14.7 Å². The highest BCUT2D eigenvalue weighted by molar-refractivity contribution is 5.99. The van der Waals surface area contributed by atoms with Gasteiger partial charge >= 0.3 is 0 Å². The standard InChI is InChI=1S/C18H20N2O3/c1-19-17(22)15-3-2-4-16(11-15)18(23)20-10-9-13-5-7-14(12-21)8-6-13/h2-8,11,21H,9-10,12H2,1H3,(H,19,22)(H,20,23). The second-order valence-electron chi connectivity index (χ2n) is 5.14. The molecule has 5 nitrogen and oxygen atoms in total. The Morgan fingerprint density at radius 1 is 0.957 bits per heavy atom. The maximum Gasteiger partial charge on any atom is 0.251 e. The summed E-state index contributed by atoms with van der Waals surface area (Å²) in [5.74, 6) is -0.425. The SMILES string of the molecule is CNC(=O)c1cccc(C(=O)NCCc2ccc(CO)cc2)c1. The van der Waals surface area contributed by atoms with Crippen LogP contribution in [0.5, 0.6) is 0 Å². The van der Waals surface area contributed by atoms with E-state index >= 15 is 0 Å². The Balaban J connectivity index is 1.90. The van der Waals surface area contributed by atoms with Gasteiger partial charge in [0.05, 0.1) is 6.61 Å². The fourth-order valence-electron chi connectivity index (χ4n) is 2.18. The Kier molecular flexibility index (Phi) is 5.88. The number of hydrogen-bond acceptors (Lipinski definition) is 3. The molecule has 120 valence electrons. The van der Waals surface area contributed by atoms with E-state index in [9.17, 15) is 9.59 Å². The molecule has 0 unspecified atom stereocenters. The molecule has 0 saturated carbocycles. The van der Waals surface area contributed by atoms with Crippen LogP contribution in [-0.4, -0.2) is 30.5 Å². The molecule has 2 aromatic carbocycles. The van der Waals surface area contributed by atoms with Crippen molar-refractivity contribution in [2.75, 3.05) is 13.6 Å². The summed E-state index contributed by atoms with van der Waals surface area (Å²) in [6.45, 7) is 0.528. The fourth-order valence-corrected chi connectivity index (χ4v) is 2.18. The number of rotatable bonds is 6. The first-order chi connectivity index (χ1) is 11.1. The minimum atomic E-state index is -0.219. The monoisotopic (exact) mass is 312 g/mol. The van der Waals surface area contributed by atoms with Gasteiger partial charge < -0.3 is 15.7 Å². The third kappa shape index (κ3) is 4.66. The first kappa shape index (κ1) is 16.7. The third-order valence-electron chi connectivity index (χ3n) is 3.52. The highest BCUT2D eigenvalue weighted by Crippen LogP contribution is 2.07. The molecule has 0 heterocycles. The van der Waals surface area contributed by atoms with Crippen molar-refractivity contribution >= 4 is 11.8 Å². The molecular formula is C18H20N2O3. The van der Waals surface area contributed by atoms with E-state index in [0.29, 0.717) is 24.1 Å². The molecule has 3 N–H and O–H groups in total. The topological polar surface area (TPSA) is 78.4 Å². The van der Waals surface area contributed by atoms with Crippen LogP contribution in [0.3, 0.4) is 0 Å². The molecule has 5 heteroatoms. The molecule has 2 rings (SSSR count). The Labute approximate surface area is 135 Å². The van der Waals surface area contributed by atoms with Gasteiger partial charge in [0.25, 0.3) is 11.8 Å². The molecule has 0 radical (unpaired) electrons. The van der Waals surface area contributed by atoms with Gasteiger partial charge in [-0.3, -0.25) is 9.59 Å². The number of nitrogens with one attached hydrogen (secondary N) is 2. The largest absolute Gasteiger partial charge is 0.392 e. The number of aliphatic hydroxyl groups excluding tert-OH is 1. The van der Waals surface area contributed by atoms with E-state index in [1.54, 1.807) is 31.3 Å². The minimum absolute atomic E-state index is 0.0265. The van der Waals surface area contributed by atoms with Crippen LogP contribution in [0.1, 0.15) is 31.8 Å². The number of carbonyl (C=O) groups is 2. The normalized spacial score (nSPS) is 10.2. The third-order valence-corrected chi connectivity index (χ3v) is 3.52. The van der Waals surface area contributed by atoms with Gasteiger partial charge in [-0.25, -0.2) is 0 Å². The summed E-state index contributed by atoms with van der Waals surface area (Å²) in [4.78, 5) is 23.7. The summed E-state index contributed by atoms with van der Waals surface area (Å²) in [6.07, 6.45) is 0.701. The van der Waals surface area contributed by atoms with E-state index in [2.05, 4.69) is 10.6 Å². The van der Waals surface area contributed by atoms with Crippen LogP contribution in [0.25, 0.3) is 0 Å². The number of hydrogen-bond donors (Lipinski definition) is 3. The highest BCUT2D eigenvalue weighted by atomic mass is 16.3. The van der Waals surface area contributed by atoms with Gasteiger partial charge in [-0.1, -0.05) is 30.3 Å². The van der Waals surface area contributed by atoms with Crippen LogP contribution < -0.4 is 10.6 Å². The van der Waals surface area contributed by atoms with E-state index in [4.69, 9.17) is 5.11 Å². The minimum Gasteiger partial charge on any atom is -0.392 e. The van der Waals surface area contributed by atoms with Gasteiger partial charge in [0.15, 0.2) is 0 Å². The van der Waals surface area contributed by atoms with Crippen molar-refractivity contribution in [2.45, 2.75) is 13.0 Å². The summed E-state index contributed by atoms with van der Waals surface area (Å²) >= 11 is 0. The van der Waals surface area contributed by atoms with Gasteiger partial charge in [-0.15, -0.1) is 0 Å². The zero-order valence-electron chi connectivity index (χ0n) is 13.0. The lowest BCUT2D eigenvalue weighted by Crippen LogP contribution is -2.26. The summed E-state index contributed by atoms with van der Waals surface area (Å²) in [5, 5.41) is 14.4. The molecule has 0 aliphatic rings. The molecule has 0 aromatic heterocycles. The fraction of sp³-hybridized carbons (Fsp3) is 0.222. The Hall–Kier alpha value is -2.66. The average molecular weight is 312 g/mol. The van der Waals surface area contributed by atoms with Crippen LogP contribution in [-0.2, 0) is 13.0 Å². The average Bonchev–Trinajstić information content (AvgIpc) is 2.61. The second-order valence-corrected chi connectivity index (χ2v) is 5.14. The van der Waals surface area contributed by atoms with Crippen molar-refractivity contribution in [3.63, 3.8) is 0 Å². The molecule has 0 atom stereocenters. The summed E-state index contributed by atoms with van der Waals surface area (Å²) in [6, 6.07) is 14.2. The van der Waals surface area contributed by atoms with Gasteiger partial charge in [-0.05, 0) is 35.7 Å². The molecule has 0 fully saturated rings. The number of benzene rings is 2. The second kappa shape index (κ2) is 8.10. The van der Waals surface area contributed by atoms with Gasteiger partial charge in [0.2, 0.25) is 0 Å². The lowest BCUT2D eigenvalue weighted by molar-refractivity contribution is 0.0954. The molecule has 23 heavy (non-hydrogen) atoms. The maximum absolute atomic E-state index is 12.1. The number of aliphatic hydroxyl groups is 1. The van der Waals surface area contributed by atoms with E-state index in [1.807, 2.05) is 24.3 Å². The van der Waals surface area contributed by atoms with Crippen LogP contribution in [0.2, 0.25) is 0 Å². The van der Waals surface area contributed by atoms with Crippen LogP contribution in [0.15, 0.2) is 48.5 Å². The Bertz CT molecular complexity index is 681. The number of carbonyl (C=O) groups excluding carboxylic acids is 2. The highest BCUT2D eigenvalue weighted by Gasteiger charge is 2.09. The maximum atomic E-state index is 12.1. The smallest absolute Gasteiger partial charge is 0.251 e. The van der Waals surface area contributed by atoms with Crippen molar-refractivity contribution in [3.05, 3.63) is 70.8 Å². The predicted octanol–water partition coefficient (Wildman–Crippen LogP) is 1.51. The zero-order chi connectivity index (χ0) is 16.7. The van der Waals surface area contributed by atoms with Crippen LogP contribution in [0.4, 0.5) is 0 Å². The van der Waals surface area contributed by atoms with Crippen LogP contribution in [0, 0.1) is 0 Å². The van der Waals surface area contributed by atoms with Crippen LogP contribution >= 0.6 is 0 Å². The first-order valence-corrected chi connectivity index (χ1v) is 7.43. The van der Waals surface area contributed by atoms with Crippen molar-refractivity contribution in [1.82, 2.24) is 10.6 Å². The molecule has 2 amide bonds. The summed E-state index contributed by atoms with van der Waals surface area (Å²) in [7, 11) is 1.55. The summed E-state index contributed by atoms with van der Waals surface area (Å²) < 4.78 is 0. The van der Waals surface area contributed by atoms with Crippen molar-refractivity contribution in [2.24, 2.45) is 0 Å². The summed E-state index contributed by atoms with van der Waals surface area (Å²) in [5.41, 5.74) is 2.87. The van der Waals surface area contributed by atoms with Crippen molar-refractivity contribution in [3.8, 4) is 0 Å². The van der Waals surface area contributed by atoms with Crippen molar-refractivity contribution in [1.29, 1.82) is 0 Å². The first-order valence-electron chi connectivity index (χ1n) is 7.43.